The molecule has 0 amide bonds. The third-order valence-electron chi connectivity index (χ3n) is 4.54. The number of phenolic OH excluding ortho intramolecular Hbond substituents is 1. The summed E-state index contributed by atoms with van der Waals surface area (Å²) in [6.07, 6.45) is 4.09. The summed E-state index contributed by atoms with van der Waals surface area (Å²) in [4.78, 5) is 17.9. The standard InChI is InChI=1S/C21H23N7O/c1-14(2)28-20-18(27-21(28)26-17-5-3-4-11-22-17)19(24-13-25-20)23-12-10-15-6-8-16(29)9-7-15/h3-9,11,13-14,29H,10,12H2,1-2H3,(H,22,26,27)(H,23,24,25). The number of nitrogens with zero attached hydrogens (tertiary/aromatic N) is 5. The van der Waals surface area contributed by atoms with Crippen molar-refractivity contribution in [2.45, 2.75) is 26.3 Å². The van der Waals surface area contributed by atoms with Gasteiger partial charge in [0.2, 0.25) is 5.95 Å². The van der Waals surface area contributed by atoms with Crippen molar-refractivity contribution in [2.75, 3.05) is 17.2 Å². The van der Waals surface area contributed by atoms with E-state index in [2.05, 4.69) is 39.4 Å². The first-order valence-corrected chi connectivity index (χ1v) is 9.54. The molecular weight excluding hydrogens is 366 g/mol. The van der Waals surface area contributed by atoms with Crippen LogP contribution in [0.2, 0.25) is 0 Å². The van der Waals surface area contributed by atoms with Gasteiger partial charge in [-0.3, -0.25) is 4.57 Å². The van der Waals surface area contributed by atoms with Gasteiger partial charge in [-0.15, -0.1) is 0 Å². The molecule has 0 bridgehead atoms. The summed E-state index contributed by atoms with van der Waals surface area (Å²) in [5.74, 6) is 2.36. The number of pyridine rings is 1. The molecule has 0 unspecified atom stereocenters. The van der Waals surface area contributed by atoms with E-state index in [-0.39, 0.29) is 11.8 Å². The second kappa shape index (κ2) is 8.14. The number of aromatic nitrogens is 5. The average molecular weight is 389 g/mol. The van der Waals surface area contributed by atoms with E-state index in [4.69, 9.17) is 4.98 Å². The lowest BCUT2D eigenvalue weighted by Gasteiger charge is -2.13. The Morgan fingerprint density at radius 2 is 1.86 bits per heavy atom. The van der Waals surface area contributed by atoms with Crippen LogP contribution in [0, 0.1) is 0 Å². The number of nitrogens with one attached hydrogen (secondary N) is 2. The number of rotatable bonds is 7. The van der Waals surface area contributed by atoms with Crippen molar-refractivity contribution in [3.8, 4) is 5.75 Å². The van der Waals surface area contributed by atoms with Crippen LogP contribution in [0.1, 0.15) is 25.5 Å². The molecule has 4 aromatic rings. The van der Waals surface area contributed by atoms with Crippen molar-refractivity contribution < 1.29 is 5.11 Å². The summed E-state index contributed by atoms with van der Waals surface area (Å²) in [5.41, 5.74) is 2.61. The molecular formula is C21H23N7O. The number of imidazole rings is 1. The van der Waals surface area contributed by atoms with Gasteiger partial charge in [0, 0.05) is 18.8 Å². The summed E-state index contributed by atoms with van der Waals surface area (Å²) in [5, 5.41) is 16.0. The third-order valence-corrected chi connectivity index (χ3v) is 4.54. The molecule has 8 nitrogen and oxygen atoms in total. The highest BCUT2D eigenvalue weighted by molar-refractivity contribution is 5.85. The second-order valence-corrected chi connectivity index (χ2v) is 6.98. The lowest BCUT2D eigenvalue weighted by Crippen LogP contribution is -2.08. The molecule has 8 heteroatoms. The quantitative estimate of drug-likeness (QED) is 0.440. The minimum absolute atomic E-state index is 0.158. The first-order chi connectivity index (χ1) is 14.1. The second-order valence-electron chi connectivity index (χ2n) is 6.98. The van der Waals surface area contributed by atoms with Gasteiger partial charge in [-0.2, -0.15) is 0 Å². The molecule has 0 radical (unpaired) electrons. The number of hydrogen-bond donors (Lipinski definition) is 3. The molecule has 4 rings (SSSR count). The molecule has 0 saturated heterocycles. The summed E-state index contributed by atoms with van der Waals surface area (Å²) in [6.45, 7) is 4.87. The molecule has 0 aliphatic rings. The van der Waals surface area contributed by atoms with Gasteiger partial charge in [0.05, 0.1) is 0 Å². The van der Waals surface area contributed by atoms with Crippen molar-refractivity contribution in [3.05, 3.63) is 60.6 Å². The van der Waals surface area contributed by atoms with E-state index in [9.17, 15) is 5.11 Å². The first kappa shape index (κ1) is 18.7. The SMILES string of the molecule is CC(C)n1c(Nc2ccccn2)nc2c(NCCc3ccc(O)cc3)ncnc21. The Morgan fingerprint density at radius 1 is 1.03 bits per heavy atom. The van der Waals surface area contributed by atoms with Crippen molar-refractivity contribution >= 4 is 28.7 Å². The van der Waals surface area contributed by atoms with Crippen molar-refractivity contribution in [1.29, 1.82) is 0 Å². The van der Waals surface area contributed by atoms with Crippen LogP contribution in [-0.2, 0) is 6.42 Å². The normalized spacial score (nSPS) is 11.1. The maximum Gasteiger partial charge on any atom is 0.211 e. The molecule has 3 N–H and O–H groups in total. The zero-order valence-electron chi connectivity index (χ0n) is 16.4. The smallest absolute Gasteiger partial charge is 0.211 e. The van der Waals surface area contributed by atoms with Gasteiger partial charge in [0.15, 0.2) is 17.0 Å². The lowest BCUT2D eigenvalue weighted by atomic mass is 10.1. The Kier molecular flexibility index (Phi) is 5.24. The Morgan fingerprint density at radius 3 is 2.59 bits per heavy atom. The molecule has 0 fully saturated rings. The molecule has 0 saturated carbocycles. The van der Waals surface area contributed by atoms with E-state index in [1.54, 1.807) is 24.7 Å². The van der Waals surface area contributed by atoms with Crippen LogP contribution in [0.4, 0.5) is 17.6 Å². The molecule has 0 aliphatic heterocycles. The van der Waals surface area contributed by atoms with Gasteiger partial charge < -0.3 is 15.7 Å². The summed E-state index contributed by atoms with van der Waals surface area (Å²) >= 11 is 0. The highest BCUT2D eigenvalue weighted by Gasteiger charge is 2.18. The summed E-state index contributed by atoms with van der Waals surface area (Å²) in [6, 6.07) is 13.1. The van der Waals surface area contributed by atoms with Crippen LogP contribution in [0.15, 0.2) is 55.0 Å². The summed E-state index contributed by atoms with van der Waals surface area (Å²) in [7, 11) is 0. The summed E-state index contributed by atoms with van der Waals surface area (Å²) < 4.78 is 2.04. The van der Waals surface area contributed by atoms with Crippen LogP contribution in [0.5, 0.6) is 5.75 Å². The van der Waals surface area contributed by atoms with E-state index in [0.29, 0.717) is 23.8 Å². The first-order valence-electron chi connectivity index (χ1n) is 9.54. The fourth-order valence-corrected chi connectivity index (χ4v) is 3.15. The maximum absolute atomic E-state index is 9.40. The van der Waals surface area contributed by atoms with E-state index in [1.807, 2.05) is 34.9 Å². The van der Waals surface area contributed by atoms with Gasteiger partial charge >= 0.3 is 0 Å². The monoisotopic (exact) mass is 389 g/mol. The van der Waals surface area contributed by atoms with Crippen LogP contribution < -0.4 is 10.6 Å². The van der Waals surface area contributed by atoms with Crippen LogP contribution in [0.3, 0.4) is 0 Å². The number of phenols is 1. The number of aromatic hydroxyl groups is 1. The molecule has 0 aliphatic carbocycles. The third kappa shape index (κ3) is 4.11. The minimum atomic E-state index is 0.158. The maximum atomic E-state index is 9.40. The molecule has 0 spiro atoms. The number of hydrogen-bond acceptors (Lipinski definition) is 7. The molecule has 1 aromatic carbocycles. The van der Waals surface area contributed by atoms with Gasteiger partial charge in [0.25, 0.3) is 0 Å². The lowest BCUT2D eigenvalue weighted by molar-refractivity contribution is 0.475. The van der Waals surface area contributed by atoms with Gasteiger partial charge in [-0.1, -0.05) is 18.2 Å². The van der Waals surface area contributed by atoms with Crippen molar-refractivity contribution in [1.82, 2.24) is 24.5 Å². The van der Waals surface area contributed by atoms with E-state index < -0.39 is 0 Å². The molecule has 3 heterocycles. The minimum Gasteiger partial charge on any atom is -0.508 e. The van der Waals surface area contributed by atoms with Gasteiger partial charge in [-0.25, -0.2) is 19.9 Å². The Balaban J connectivity index is 1.59. The molecule has 3 aromatic heterocycles. The zero-order valence-corrected chi connectivity index (χ0v) is 16.4. The fourth-order valence-electron chi connectivity index (χ4n) is 3.15. The Labute approximate surface area is 168 Å². The van der Waals surface area contributed by atoms with E-state index >= 15 is 0 Å². The van der Waals surface area contributed by atoms with Crippen LogP contribution >= 0.6 is 0 Å². The highest BCUT2D eigenvalue weighted by Crippen LogP contribution is 2.28. The predicted octanol–water partition coefficient (Wildman–Crippen LogP) is 3.91. The number of benzene rings is 1. The predicted molar refractivity (Wildman–Crippen MR) is 114 cm³/mol. The number of anilines is 3. The Hall–Kier alpha value is -3.68. The van der Waals surface area contributed by atoms with Gasteiger partial charge in [-0.05, 0) is 50.1 Å². The van der Waals surface area contributed by atoms with Crippen LogP contribution in [0.25, 0.3) is 11.2 Å². The molecule has 29 heavy (non-hydrogen) atoms. The molecule has 0 atom stereocenters. The van der Waals surface area contributed by atoms with E-state index in [0.717, 1.165) is 23.4 Å². The van der Waals surface area contributed by atoms with Crippen molar-refractivity contribution in [3.63, 3.8) is 0 Å². The van der Waals surface area contributed by atoms with Crippen molar-refractivity contribution in [2.24, 2.45) is 0 Å². The Bertz CT molecular complexity index is 1090. The van der Waals surface area contributed by atoms with Crippen LogP contribution in [-0.4, -0.2) is 36.2 Å². The fraction of sp³-hybridized carbons (Fsp3) is 0.238. The molecule has 148 valence electrons. The van der Waals surface area contributed by atoms with Gasteiger partial charge in [0.1, 0.15) is 17.9 Å². The average Bonchev–Trinajstić information content (AvgIpc) is 3.09. The zero-order chi connectivity index (χ0) is 20.2. The van der Waals surface area contributed by atoms with E-state index in [1.165, 1.54) is 0 Å². The topological polar surface area (TPSA) is 101 Å². The largest absolute Gasteiger partial charge is 0.508 e. The number of fused-ring (bicyclic) bond motifs is 1. The highest BCUT2D eigenvalue weighted by atomic mass is 16.3.